The molecule has 0 aliphatic heterocycles. The number of carbonyl (C=O) groups excluding carboxylic acids is 1. The van der Waals surface area contributed by atoms with Crippen molar-refractivity contribution in [3.8, 4) is 5.75 Å². The van der Waals surface area contributed by atoms with Gasteiger partial charge in [0, 0.05) is 13.0 Å². The number of esters is 1. The van der Waals surface area contributed by atoms with Gasteiger partial charge in [-0.05, 0) is 43.5 Å². The molecule has 0 aliphatic rings. The lowest BCUT2D eigenvalue weighted by Gasteiger charge is -2.09. The Morgan fingerprint density at radius 2 is 2.06 bits per heavy atom. The van der Waals surface area contributed by atoms with Crippen LogP contribution in [-0.4, -0.2) is 12.5 Å². The Hall–Kier alpha value is -1.35. The van der Waals surface area contributed by atoms with Gasteiger partial charge in [-0.1, -0.05) is 26.0 Å². The van der Waals surface area contributed by atoms with Crippen LogP contribution in [0.2, 0.25) is 0 Å². The molecule has 0 aromatic heterocycles. The number of aryl methyl sites for hydroxylation is 1. The first-order chi connectivity index (χ1) is 8.67. The third-order valence-electron chi connectivity index (χ3n) is 2.67. The Labute approximate surface area is 110 Å². The van der Waals surface area contributed by atoms with E-state index >= 15 is 0 Å². The van der Waals surface area contributed by atoms with Gasteiger partial charge in [0.2, 0.25) is 0 Å². The van der Waals surface area contributed by atoms with E-state index in [4.69, 9.17) is 4.74 Å². The molecular weight excluding hydrogens is 226 g/mol. The molecule has 0 bridgehead atoms. The van der Waals surface area contributed by atoms with Gasteiger partial charge in [-0.3, -0.25) is 4.79 Å². The van der Waals surface area contributed by atoms with Gasteiger partial charge in [-0.25, -0.2) is 0 Å². The van der Waals surface area contributed by atoms with E-state index in [1.165, 1.54) is 5.56 Å². The molecule has 3 nitrogen and oxygen atoms in total. The molecule has 0 atom stereocenters. The van der Waals surface area contributed by atoms with Gasteiger partial charge >= 0.3 is 5.97 Å². The summed E-state index contributed by atoms with van der Waals surface area (Å²) in [5.74, 6) is 0.519. The van der Waals surface area contributed by atoms with Crippen LogP contribution >= 0.6 is 0 Å². The van der Waals surface area contributed by atoms with Crippen molar-refractivity contribution in [3.05, 3.63) is 29.3 Å². The molecule has 0 unspecified atom stereocenters. The fourth-order valence-corrected chi connectivity index (χ4v) is 1.72. The summed E-state index contributed by atoms with van der Waals surface area (Å²) in [6.07, 6.45) is 2.42. The highest BCUT2D eigenvalue weighted by Gasteiger charge is 2.06. The lowest BCUT2D eigenvalue weighted by atomic mass is 10.1. The average molecular weight is 249 g/mol. The lowest BCUT2D eigenvalue weighted by Crippen LogP contribution is -2.14. The van der Waals surface area contributed by atoms with Crippen LogP contribution in [0.15, 0.2) is 18.2 Å². The minimum absolute atomic E-state index is 0.155. The molecule has 1 aromatic rings. The Kier molecular flexibility index (Phi) is 6.44. The lowest BCUT2D eigenvalue weighted by molar-refractivity contribution is -0.134. The summed E-state index contributed by atoms with van der Waals surface area (Å²) in [4.78, 5) is 11.4. The molecule has 0 radical (unpaired) electrons. The van der Waals surface area contributed by atoms with Crippen LogP contribution in [0.25, 0.3) is 0 Å². The summed E-state index contributed by atoms with van der Waals surface area (Å²) >= 11 is 0. The Morgan fingerprint density at radius 3 is 2.67 bits per heavy atom. The number of rotatable bonds is 7. The highest BCUT2D eigenvalue weighted by atomic mass is 16.5. The molecule has 0 saturated carbocycles. The van der Waals surface area contributed by atoms with Crippen molar-refractivity contribution < 1.29 is 9.53 Å². The molecule has 0 heterocycles. The molecular formula is C15H23NO2. The van der Waals surface area contributed by atoms with Crippen LogP contribution in [0.3, 0.4) is 0 Å². The summed E-state index contributed by atoms with van der Waals surface area (Å²) in [5, 5.41) is 3.35. The number of hydrogen-bond donors (Lipinski definition) is 1. The maximum atomic E-state index is 11.4. The fourth-order valence-electron chi connectivity index (χ4n) is 1.72. The van der Waals surface area contributed by atoms with Gasteiger partial charge in [-0.2, -0.15) is 0 Å². The van der Waals surface area contributed by atoms with Gasteiger partial charge < -0.3 is 10.1 Å². The number of ether oxygens (including phenoxy) is 1. The molecule has 1 aromatic carbocycles. The van der Waals surface area contributed by atoms with Crippen LogP contribution in [0.1, 0.15) is 44.2 Å². The second kappa shape index (κ2) is 7.88. The summed E-state index contributed by atoms with van der Waals surface area (Å²) in [6, 6.07) is 5.95. The van der Waals surface area contributed by atoms with Crippen LogP contribution in [0.5, 0.6) is 5.75 Å². The zero-order valence-electron chi connectivity index (χ0n) is 11.6. The molecule has 0 amide bonds. The minimum atomic E-state index is -0.155. The first-order valence-corrected chi connectivity index (χ1v) is 6.68. The first-order valence-electron chi connectivity index (χ1n) is 6.68. The van der Waals surface area contributed by atoms with E-state index in [2.05, 4.69) is 18.3 Å². The monoisotopic (exact) mass is 249 g/mol. The van der Waals surface area contributed by atoms with E-state index in [0.29, 0.717) is 12.2 Å². The van der Waals surface area contributed by atoms with Gasteiger partial charge in [0.25, 0.3) is 0 Å². The summed E-state index contributed by atoms with van der Waals surface area (Å²) in [5.41, 5.74) is 2.23. The van der Waals surface area contributed by atoms with Crippen molar-refractivity contribution in [3.63, 3.8) is 0 Å². The van der Waals surface area contributed by atoms with E-state index in [1.54, 1.807) is 0 Å². The highest BCUT2D eigenvalue weighted by Crippen LogP contribution is 2.19. The Bertz CT molecular complexity index is 388. The van der Waals surface area contributed by atoms with Crippen LogP contribution in [-0.2, 0) is 11.3 Å². The number of benzene rings is 1. The largest absolute Gasteiger partial charge is 0.426 e. The average Bonchev–Trinajstić information content (AvgIpc) is 2.33. The molecule has 0 aliphatic carbocycles. The van der Waals surface area contributed by atoms with Crippen molar-refractivity contribution in [1.82, 2.24) is 5.32 Å². The molecule has 18 heavy (non-hydrogen) atoms. The summed E-state index contributed by atoms with van der Waals surface area (Å²) in [6.45, 7) is 7.97. The Balaban J connectivity index is 2.59. The van der Waals surface area contributed by atoms with Gasteiger partial charge in [0.1, 0.15) is 5.75 Å². The fraction of sp³-hybridized carbons (Fsp3) is 0.533. The second-order valence-corrected chi connectivity index (χ2v) is 4.50. The van der Waals surface area contributed by atoms with E-state index in [-0.39, 0.29) is 5.97 Å². The third-order valence-corrected chi connectivity index (χ3v) is 2.67. The van der Waals surface area contributed by atoms with Crippen LogP contribution < -0.4 is 10.1 Å². The normalized spacial score (nSPS) is 10.4. The molecule has 0 saturated heterocycles. The number of carbonyl (C=O) groups is 1. The Morgan fingerprint density at radius 1 is 1.28 bits per heavy atom. The predicted octanol–water partition coefficient (Wildman–Crippen LogP) is 3.20. The number of nitrogens with one attached hydrogen (secondary N) is 1. The quantitative estimate of drug-likeness (QED) is 0.458. The summed E-state index contributed by atoms with van der Waals surface area (Å²) < 4.78 is 5.31. The minimum Gasteiger partial charge on any atom is -0.426 e. The zero-order chi connectivity index (χ0) is 13.4. The van der Waals surface area contributed by atoms with Crippen molar-refractivity contribution in [2.24, 2.45) is 0 Å². The SMILES string of the molecule is CCCNCc1ccc(OC(=O)CCC)c(C)c1. The van der Waals surface area contributed by atoms with Crippen molar-refractivity contribution in [1.29, 1.82) is 0 Å². The van der Waals surface area contributed by atoms with Gasteiger partial charge in [0.15, 0.2) is 0 Å². The topological polar surface area (TPSA) is 38.3 Å². The van der Waals surface area contributed by atoms with Crippen LogP contribution in [0.4, 0.5) is 0 Å². The maximum absolute atomic E-state index is 11.4. The second-order valence-electron chi connectivity index (χ2n) is 4.50. The zero-order valence-corrected chi connectivity index (χ0v) is 11.6. The van der Waals surface area contributed by atoms with E-state index in [9.17, 15) is 4.79 Å². The van der Waals surface area contributed by atoms with Crippen molar-refractivity contribution >= 4 is 5.97 Å². The van der Waals surface area contributed by atoms with Crippen molar-refractivity contribution in [2.45, 2.75) is 46.6 Å². The smallest absolute Gasteiger partial charge is 0.311 e. The molecule has 1 rings (SSSR count). The van der Waals surface area contributed by atoms with Gasteiger partial charge in [0.05, 0.1) is 0 Å². The van der Waals surface area contributed by atoms with Gasteiger partial charge in [-0.15, -0.1) is 0 Å². The molecule has 1 N–H and O–H groups in total. The molecule has 0 fully saturated rings. The standard InChI is InChI=1S/C15H23NO2/c1-4-6-15(17)18-14-8-7-13(10-12(14)3)11-16-9-5-2/h7-8,10,16H,4-6,9,11H2,1-3H3. The predicted molar refractivity (Wildman–Crippen MR) is 73.7 cm³/mol. The number of hydrogen-bond acceptors (Lipinski definition) is 3. The third kappa shape index (κ3) is 4.88. The van der Waals surface area contributed by atoms with Crippen LogP contribution in [0, 0.1) is 6.92 Å². The first kappa shape index (κ1) is 14.7. The van der Waals surface area contributed by atoms with E-state index in [0.717, 1.165) is 31.5 Å². The van der Waals surface area contributed by atoms with E-state index in [1.807, 2.05) is 26.0 Å². The molecule has 0 spiro atoms. The van der Waals surface area contributed by atoms with Crippen molar-refractivity contribution in [2.75, 3.05) is 6.54 Å². The summed E-state index contributed by atoms with van der Waals surface area (Å²) in [7, 11) is 0. The molecule has 100 valence electrons. The highest BCUT2D eigenvalue weighted by molar-refractivity contribution is 5.72. The molecule has 3 heteroatoms. The van der Waals surface area contributed by atoms with E-state index < -0.39 is 0 Å². The maximum Gasteiger partial charge on any atom is 0.311 e.